The van der Waals surface area contributed by atoms with E-state index in [0.29, 0.717) is 16.3 Å². The van der Waals surface area contributed by atoms with Crippen LogP contribution in [0.1, 0.15) is 18.2 Å². The average molecular weight is 306 g/mol. The summed E-state index contributed by atoms with van der Waals surface area (Å²) in [6.07, 6.45) is 1.54. The summed E-state index contributed by atoms with van der Waals surface area (Å²) in [6.45, 7) is 3.72. The number of nitrogens with one attached hydrogen (secondary N) is 1. The summed E-state index contributed by atoms with van der Waals surface area (Å²) in [7, 11) is -1.45. The van der Waals surface area contributed by atoms with Crippen molar-refractivity contribution < 1.29 is 13.4 Å². The Morgan fingerprint density at radius 1 is 1.38 bits per heavy atom. The van der Waals surface area contributed by atoms with Gasteiger partial charge in [-0.25, -0.2) is 0 Å². The lowest BCUT2D eigenvalue weighted by molar-refractivity contribution is -0.120. The van der Waals surface area contributed by atoms with E-state index in [2.05, 4.69) is 5.32 Å². The Labute approximate surface area is 126 Å². The first kappa shape index (κ1) is 15.3. The molecule has 0 saturated carbocycles. The lowest BCUT2D eigenvalue weighted by atomic mass is 10.2. The Morgan fingerprint density at radius 3 is 2.81 bits per heavy atom. The van der Waals surface area contributed by atoms with E-state index in [1.807, 2.05) is 0 Å². The van der Waals surface area contributed by atoms with Crippen molar-refractivity contribution in [1.82, 2.24) is 5.32 Å². The molecular weight excluding hydrogens is 288 g/mol. The molecule has 0 aliphatic carbocycles. The molecule has 0 radical (unpaired) electrons. The highest BCUT2D eigenvalue weighted by Crippen LogP contribution is 2.21. The van der Waals surface area contributed by atoms with Gasteiger partial charge in [0.2, 0.25) is 5.91 Å². The Bertz CT molecular complexity index is 653. The molecule has 2 atom stereocenters. The third-order valence-electron chi connectivity index (χ3n) is 3.25. The minimum absolute atomic E-state index is 0.281. The van der Waals surface area contributed by atoms with Crippen LogP contribution in [0, 0.1) is 6.92 Å². The minimum Gasteiger partial charge on any atom is -0.467 e. The number of nitrogens with two attached hydrogens (primary N) is 1. The van der Waals surface area contributed by atoms with Crippen LogP contribution in [0.25, 0.3) is 0 Å². The average Bonchev–Trinajstić information content (AvgIpc) is 2.99. The first-order chi connectivity index (χ1) is 10.0. The van der Waals surface area contributed by atoms with Crippen molar-refractivity contribution in [3.63, 3.8) is 0 Å². The first-order valence-corrected chi connectivity index (χ1v) is 7.77. The van der Waals surface area contributed by atoms with Gasteiger partial charge < -0.3 is 15.5 Å². The predicted molar refractivity (Wildman–Crippen MR) is 82.0 cm³/mol. The van der Waals surface area contributed by atoms with Crippen LogP contribution in [0.3, 0.4) is 0 Å². The largest absolute Gasteiger partial charge is 0.467 e. The van der Waals surface area contributed by atoms with Gasteiger partial charge >= 0.3 is 0 Å². The van der Waals surface area contributed by atoms with Crippen LogP contribution in [0.15, 0.2) is 45.9 Å². The number of benzene rings is 1. The van der Waals surface area contributed by atoms with Crippen LogP contribution in [-0.4, -0.2) is 15.4 Å². The number of hydrogen-bond acceptors (Lipinski definition) is 4. The molecule has 1 aromatic carbocycles. The van der Waals surface area contributed by atoms with Crippen molar-refractivity contribution >= 4 is 22.4 Å². The SMILES string of the molecule is Cc1c(N)cccc1S(=O)C(C)C(=O)NCc1ccco1. The molecule has 5 nitrogen and oxygen atoms in total. The molecule has 21 heavy (non-hydrogen) atoms. The second kappa shape index (κ2) is 6.58. The molecule has 0 fully saturated rings. The number of furan rings is 1. The minimum atomic E-state index is -1.45. The van der Waals surface area contributed by atoms with Gasteiger partial charge in [-0.1, -0.05) is 6.07 Å². The van der Waals surface area contributed by atoms with Gasteiger partial charge in [0, 0.05) is 10.6 Å². The zero-order valence-corrected chi connectivity index (χ0v) is 12.8. The maximum atomic E-state index is 12.5. The number of rotatable bonds is 5. The first-order valence-electron chi connectivity index (χ1n) is 6.56. The van der Waals surface area contributed by atoms with Crippen molar-refractivity contribution in [3.05, 3.63) is 47.9 Å². The zero-order chi connectivity index (χ0) is 15.4. The zero-order valence-electron chi connectivity index (χ0n) is 12.0. The fraction of sp³-hybridized carbons (Fsp3) is 0.267. The highest BCUT2D eigenvalue weighted by atomic mass is 32.2. The van der Waals surface area contributed by atoms with E-state index in [9.17, 15) is 9.00 Å². The van der Waals surface area contributed by atoms with E-state index in [1.165, 1.54) is 0 Å². The number of carbonyl (C=O) groups is 1. The quantitative estimate of drug-likeness (QED) is 0.827. The fourth-order valence-corrected chi connectivity index (χ4v) is 3.16. The van der Waals surface area contributed by atoms with Gasteiger partial charge in [0.1, 0.15) is 11.0 Å². The summed E-state index contributed by atoms with van der Waals surface area (Å²) in [4.78, 5) is 12.7. The summed E-state index contributed by atoms with van der Waals surface area (Å²) < 4.78 is 17.6. The summed E-state index contributed by atoms with van der Waals surface area (Å²) in [5, 5.41) is 2.05. The van der Waals surface area contributed by atoms with Crippen molar-refractivity contribution in [3.8, 4) is 0 Å². The van der Waals surface area contributed by atoms with E-state index in [-0.39, 0.29) is 12.5 Å². The number of hydrogen-bond donors (Lipinski definition) is 2. The van der Waals surface area contributed by atoms with E-state index in [0.717, 1.165) is 5.56 Å². The molecule has 3 N–H and O–H groups in total. The topological polar surface area (TPSA) is 85.3 Å². The smallest absolute Gasteiger partial charge is 0.236 e. The lowest BCUT2D eigenvalue weighted by Gasteiger charge is -2.14. The molecule has 0 aliphatic rings. The van der Waals surface area contributed by atoms with Crippen molar-refractivity contribution in [2.75, 3.05) is 5.73 Å². The van der Waals surface area contributed by atoms with Gasteiger partial charge in [0.25, 0.3) is 0 Å². The molecule has 2 rings (SSSR count). The molecule has 2 unspecified atom stereocenters. The van der Waals surface area contributed by atoms with Crippen molar-refractivity contribution in [2.45, 2.75) is 30.5 Å². The van der Waals surface area contributed by atoms with E-state index in [1.54, 1.807) is 50.4 Å². The standard InChI is InChI=1S/C15H18N2O3S/c1-10-13(16)6-3-7-14(10)21(19)11(2)15(18)17-9-12-5-4-8-20-12/h3-8,11H,9,16H2,1-2H3,(H,17,18). The molecule has 0 aliphatic heterocycles. The van der Waals surface area contributed by atoms with Gasteiger partial charge in [0.15, 0.2) is 0 Å². The summed E-state index contributed by atoms with van der Waals surface area (Å²) in [5.74, 6) is 0.369. The van der Waals surface area contributed by atoms with Crippen LogP contribution in [-0.2, 0) is 22.1 Å². The highest BCUT2D eigenvalue weighted by Gasteiger charge is 2.23. The summed E-state index contributed by atoms with van der Waals surface area (Å²) in [6, 6.07) is 8.74. The number of carbonyl (C=O) groups excluding carboxylic acids is 1. The van der Waals surface area contributed by atoms with Crippen LogP contribution in [0.5, 0.6) is 0 Å². The number of nitrogen functional groups attached to an aromatic ring is 1. The molecule has 112 valence electrons. The Kier molecular flexibility index (Phi) is 4.80. The maximum Gasteiger partial charge on any atom is 0.236 e. The van der Waals surface area contributed by atoms with Crippen LogP contribution in [0.2, 0.25) is 0 Å². The number of amides is 1. The van der Waals surface area contributed by atoms with E-state index >= 15 is 0 Å². The third-order valence-corrected chi connectivity index (χ3v) is 4.98. The van der Waals surface area contributed by atoms with Crippen molar-refractivity contribution in [2.24, 2.45) is 0 Å². The van der Waals surface area contributed by atoms with Gasteiger partial charge in [-0.05, 0) is 43.7 Å². The van der Waals surface area contributed by atoms with E-state index in [4.69, 9.17) is 10.2 Å². The maximum absolute atomic E-state index is 12.5. The molecule has 0 spiro atoms. The fourth-order valence-electron chi connectivity index (χ4n) is 1.87. The van der Waals surface area contributed by atoms with Gasteiger partial charge in [-0.2, -0.15) is 0 Å². The van der Waals surface area contributed by atoms with Gasteiger partial charge in [-0.3, -0.25) is 9.00 Å². The normalized spacial score (nSPS) is 13.6. The van der Waals surface area contributed by atoms with Crippen molar-refractivity contribution in [1.29, 1.82) is 0 Å². The van der Waals surface area contributed by atoms with E-state index < -0.39 is 16.0 Å². The lowest BCUT2D eigenvalue weighted by Crippen LogP contribution is -2.35. The summed E-state index contributed by atoms with van der Waals surface area (Å²) >= 11 is 0. The second-order valence-electron chi connectivity index (χ2n) is 4.71. The van der Waals surface area contributed by atoms with Gasteiger partial charge in [-0.15, -0.1) is 0 Å². The highest BCUT2D eigenvalue weighted by molar-refractivity contribution is 7.86. The predicted octanol–water partition coefficient (Wildman–Crippen LogP) is 1.98. The molecule has 1 amide bonds. The molecule has 1 heterocycles. The Balaban J connectivity index is 2.04. The Hall–Kier alpha value is -2.08. The molecule has 6 heteroatoms. The molecule has 0 bridgehead atoms. The molecule has 1 aromatic heterocycles. The monoisotopic (exact) mass is 306 g/mol. The Morgan fingerprint density at radius 2 is 2.14 bits per heavy atom. The van der Waals surface area contributed by atoms with Crippen LogP contribution >= 0.6 is 0 Å². The second-order valence-corrected chi connectivity index (χ2v) is 6.45. The molecular formula is C15H18N2O3S. The third kappa shape index (κ3) is 3.52. The van der Waals surface area contributed by atoms with Gasteiger partial charge in [0.05, 0.1) is 23.6 Å². The van der Waals surface area contributed by atoms with Crippen LogP contribution < -0.4 is 11.1 Å². The molecule has 2 aromatic rings. The molecule has 0 saturated heterocycles. The van der Waals surface area contributed by atoms with Crippen LogP contribution in [0.4, 0.5) is 5.69 Å². The summed E-state index contributed by atoms with van der Waals surface area (Å²) in [5.41, 5.74) is 7.13. The number of anilines is 1.